The highest BCUT2D eigenvalue weighted by molar-refractivity contribution is 6.31. The average molecular weight is 322 g/mol. The van der Waals surface area contributed by atoms with Gasteiger partial charge in [-0.1, -0.05) is 36.4 Å². The van der Waals surface area contributed by atoms with Gasteiger partial charge in [0.1, 0.15) is 11.3 Å². The molecular formula is C18H14N2O4. The number of hydrazine groups is 1. The number of ether oxygens (including phenoxy) is 1. The molecule has 120 valence electrons. The van der Waals surface area contributed by atoms with Crippen LogP contribution in [0, 0.1) is 0 Å². The van der Waals surface area contributed by atoms with Crippen molar-refractivity contribution < 1.29 is 19.1 Å². The molecular weight excluding hydrogens is 308 g/mol. The Kier molecular flexibility index (Phi) is 4.11. The Hall–Kier alpha value is -3.41. The number of para-hydroxylation sites is 2. The van der Waals surface area contributed by atoms with Crippen LogP contribution < -0.4 is 15.2 Å². The van der Waals surface area contributed by atoms with Crippen molar-refractivity contribution in [2.24, 2.45) is 0 Å². The molecule has 1 fully saturated rings. The Bertz CT molecular complexity index is 843. The summed E-state index contributed by atoms with van der Waals surface area (Å²) in [5.74, 6) is -1.17. The Morgan fingerprint density at radius 3 is 2.42 bits per heavy atom. The standard InChI is InChI=1S/C18H14N2O4/c1-12(21)24-16-10-6-5-7-13(16)11-15-17(22)19-20(18(15)23)14-8-3-2-4-9-14/h2-11H,1H3,(H,19,22). The number of hydrogen-bond donors (Lipinski definition) is 1. The Labute approximate surface area is 138 Å². The molecule has 0 atom stereocenters. The molecule has 1 saturated heterocycles. The lowest BCUT2D eigenvalue weighted by Gasteiger charge is -2.13. The summed E-state index contributed by atoms with van der Waals surface area (Å²) in [6, 6.07) is 15.5. The molecule has 2 aromatic carbocycles. The number of benzene rings is 2. The van der Waals surface area contributed by atoms with E-state index in [4.69, 9.17) is 4.74 Å². The molecule has 0 unspecified atom stereocenters. The minimum atomic E-state index is -0.513. The van der Waals surface area contributed by atoms with E-state index in [1.807, 2.05) is 6.07 Å². The van der Waals surface area contributed by atoms with Gasteiger partial charge in [0.15, 0.2) is 0 Å². The second kappa shape index (κ2) is 6.37. The van der Waals surface area contributed by atoms with E-state index in [0.29, 0.717) is 11.3 Å². The Morgan fingerprint density at radius 1 is 1.04 bits per heavy atom. The van der Waals surface area contributed by atoms with E-state index in [1.165, 1.54) is 18.0 Å². The van der Waals surface area contributed by atoms with Crippen LogP contribution in [0.15, 0.2) is 60.2 Å². The van der Waals surface area contributed by atoms with Gasteiger partial charge in [0.05, 0.1) is 5.69 Å². The van der Waals surface area contributed by atoms with Crippen LogP contribution in [-0.4, -0.2) is 17.8 Å². The van der Waals surface area contributed by atoms with Gasteiger partial charge < -0.3 is 4.74 Å². The third-order valence-corrected chi connectivity index (χ3v) is 3.38. The van der Waals surface area contributed by atoms with Gasteiger partial charge in [0, 0.05) is 12.5 Å². The quantitative estimate of drug-likeness (QED) is 0.406. The van der Waals surface area contributed by atoms with E-state index in [0.717, 1.165) is 0 Å². The van der Waals surface area contributed by atoms with Gasteiger partial charge in [-0.3, -0.25) is 19.8 Å². The second-order valence-corrected chi connectivity index (χ2v) is 5.11. The number of carbonyl (C=O) groups is 3. The van der Waals surface area contributed by atoms with E-state index >= 15 is 0 Å². The molecule has 3 rings (SSSR count). The van der Waals surface area contributed by atoms with Crippen molar-refractivity contribution in [3.05, 3.63) is 65.7 Å². The number of amides is 2. The summed E-state index contributed by atoms with van der Waals surface area (Å²) in [4.78, 5) is 35.8. The van der Waals surface area contributed by atoms with Crippen molar-refractivity contribution >= 4 is 29.5 Å². The maximum atomic E-state index is 12.5. The smallest absolute Gasteiger partial charge is 0.308 e. The van der Waals surface area contributed by atoms with Gasteiger partial charge in [-0.15, -0.1) is 0 Å². The second-order valence-electron chi connectivity index (χ2n) is 5.11. The molecule has 0 radical (unpaired) electrons. The van der Waals surface area contributed by atoms with Crippen LogP contribution >= 0.6 is 0 Å². The van der Waals surface area contributed by atoms with Crippen LogP contribution in [0.1, 0.15) is 12.5 Å². The lowest BCUT2D eigenvalue weighted by atomic mass is 10.1. The van der Waals surface area contributed by atoms with E-state index in [-0.39, 0.29) is 11.3 Å². The maximum Gasteiger partial charge on any atom is 0.308 e. The average Bonchev–Trinajstić information content (AvgIpc) is 2.85. The molecule has 2 aromatic rings. The van der Waals surface area contributed by atoms with Gasteiger partial charge >= 0.3 is 5.97 Å². The molecule has 0 spiro atoms. The van der Waals surface area contributed by atoms with E-state index in [2.05, 4.69) is 5.43 Å². The molecule has 1 N–H and O–H groups in total. The first kappa shape index (κ1) is 15.5. The van der Waals surface area contributed by atoms with Crippen LogP contribution in [0.3, 0.4) is 0 Å². The van der Waals surface area contributed by atoms with Gasteiger partial charge in [0.2, 0.25) is 0 Å². The fraction of sp³-hybridized carbons (Fsp3) is 0.0556. The van der Waals surface area contributed by atoms with Gasteiger partial charge in [-0.05, 0) is 24.3 Å². The molecule has 2 amide bonds. The minimum Gasteiger partial charge on any atom is -0.426 e. The number of carbonyl (C=O) groups excluding carboxylic acids is 3. The molecule has 6 heteroatoms. The summed E-state index contributed by atoms with van der Waals surface area (Å²) in [6.45, 7) is 1.29. The summed E-state index contributed by atoms with van der Waals surface area (Å²) >= 11 is 0. The third kappa shape index (κ3) is 3.03. The molecule has 6 nitrogen and oxygen atoms in total. The maximum absolute atomic E-state index is 12.5. The van der Waals surface area contributed by atoms with Crippen molar-refractivity contribution in [3.63, 3.8) is 0 Å². The van der Waals surface area contributed by atoms with Gasteiger partial charge in [-0.25, -0.2) is 5.01 Å². The first-order valence-corrected chi connectivity index (χ1v) is 7.26. The molecule has 1 aliphatic rings. The summed E-state index contributed by atoms with van der Waals surface area (Å²) in [7, 11) is 0. The van der Waals surface area contributed by atoms with Gasteiger partial charge in [0.25, 0.3) is 11.8 Å². The first-order chi connectivity index (χ1) is 11.6. The molecule has 0 bridgehead atoms. The zero-order valence-corrected chi connectivity index (χ0v) is 12.9. The van der Waals surface area contributed by atoms with Crippen molar-refractivity contribution in [1.82, 2.24) is 5.43 Å². The summed E-state index contributed by atoms with van der Waals surface area (Å²) in [6.07, 6.45) is 1.42. The summed E-state index contributed by atoms with van der Waals surface area (Å²) < 4.78 is 5.10. The fourth-order valence-corrected chi connectivity index (χ4v) is 2.32. The van der Waals surface area contributed by atoms with Crippen LogP contribution in [0.25, 0.3) is 6.08 Å². The van der Waals surface area contributed by atoms with E-state index in [9.17, 15) is 14.4 Å². The molecule has 0 saturated carbocycles. The number of nitrogens with zero attached hydrogens (tertiary/aromatic N) is 1. The monoisotopic (exact) mass is 322 g/mol. The SMILES string of the molecule is CC(=O)Oc1ccccc1C=C1C(=O)NN(c2ccccc2)C1=O. The number of hydrogen-bond acceptors (Lipinski definition) is 4. The normalized spacial score (nSPS) is 15.5. The predicted octanol–water partition coefficient (Wildman–Crippen LogP) is 2.07. The van der Waals surface area contributed by atoms with Crippen LogP contribution in [0.4, 0.5) is 5.69 Å². The van der Waals surface area contributed by atoms with Crippen LogP contribution in [0.5, 0.6) is 5.75 Å². The first-order valence-electron chi connectivity index (χ1n) is 7.26. The van der Waals surface area contributed by atoms with Crippen LogP contribution in [0.2, 0.25) is 0 Å². The van der Waals surface area contributed by atoms with Crippen molar-refractivity contribution in [2.45, 2.75) is 6.92 Å². The zero-order valence-electron chi connectivity index (χ0n) is 12.9. The topological polar surface area (TPSA) is 75.7 Å². The Morgan fingerprint density at radius 2 is 1.71 bits per heavy atom. The summed E-state index contributed by atoms with van der Waals surface area (Å²) in [5, 5.41) is 1.18. The molecule has 24 heavy (non-hydrogen) atoms. The number of nitrogens with one attached hydrogen (secondary N) is 1. The number of anilines is 1. The predicted molar refractivity (Wildman–Crippen MR) is 87.8 cm³/mol. The number of rotatable bonds is 3. The lowest BCUT2D eigenvalue weighted by molar-refractivity contribution is -0.131. The van der Waals surface area contributed by atoms with Crippen molar-refractivity contribution in [1.29, 1.82) is 0 Å². The largest absolute Gasteiger partial charge is 0.426 e. The van der Waals surface area contributed by atoms with Crippen LogP contribution in [-0.2, 0) is 14.4 Å². The Balaban J connectivity index is 1.95. The molecule has 0 aromatic heterocycles. The lowest BCUT2D eigenvalue weighted by Crippen LogP contribution is -2.35. The highest BCUT2D eigenvalue weighted by Gasteiger charge is 2.34. The fourth-order valence-electron chi connectivity index (χ4n) is 2.32. The van der Waals surface area contributed by atoms with E-state index < -0.39 is 17.8 Å². The van der Waals surface area contributed by atoms with Crippen molar-refractivity contribution in [3.8, 4) is 5.75 Å². The highest BCUT2D eigenvalue weighted by atomic mass is 16.5. The van der Waals surface area contributed by atoms with E-state index in [1.54, 1.807) is 48.5 Å². The number of esters is 1. The van der Waals surface area contributed by atoms with Gasteiger partial charge in [-0.2, -0.15) is 0 Å². The third-order valence-electron chi connectivity index (χ3n) is 3.38. The molecule has 1 aliphatic heterocycles. The van der Waals surface area contributed by atoms with Crippen molar-refractivity contribution in [2.75, 3.05) is 5.01 Å². The molecule has 0 aliphatic carbocycles. The summed E-state index contributed by atoms with van der Waals surface area (Å²) in [5.41, 5.74) is 3.53. The highest BCUT2D eigenvalue weighted by Crippen LogP contribution is 2.25. The zero-order chi connectivity index (χ0) is 17.1. The molecule has 1 heterocycles. The minimum absolute atomic E-state index is 0.0292.